The average Bonchev–Trinajstić information content (AvgIpc) is 3.62. The Hall–Kier alpha value is -4.90. The van der Waals surface area contributed by atoms with Crippen molar-refractivity contribution in [3.8, 4) is 17.3 Å². The molecule has 2 unspecified atom stereocenters. The fourth-order valence-corrected chi connectivity index (χ4v) is 6.70. The second-order valence-corrected chi connectivity index (χ2v) is 16.2. The van der Waals surface area contributed by atoms with Crippen LogP contribution in [-0.2, 0) is 19.6 Å². The first-order valence-electron chi connectivity index (χ1n) is 17.1. The lowest BCUT2D eigenvalue weighted by molar-refractivity contribution is -0.0922. The van der Waals surface area contributed by atoms with Crippen LogP contribution in [0.25, 0.3) is 21.9 Å². The zero-order chi connectivity index (χ0) is 39.5. The number of benzene rings is 1. The van der Waals surface area contributed by atoms with Crippen molar-refractivity contribution in [1.29, 1.82) is 0 Å². The molecular weight excluding hydrogens is 670 g/mol. The molecule has 0 aliphatic heterocycles. The van der Waals surface area contributed by atoms with Crippen molar-refractivity contribution in [2.75, 3.05) is 21.3 Å². The number of rotatable bonds is 4. The van der Waals surface area contributed by atoms with Crippen molar-refractivity contribution in [1.82, 2.24) is 19.5 Å². The summed E-state index contributed by atoms with van der Waals surface area (Å²) in [7, 11) is 2.93. The number of amides is 3. The van der Waals surface area contributed by atoms with Gasteiger partial charge in [-0.3, -0.25) is 5.10 Å². The number of nitrogens with zero attached hydrogens (tertiary/aromatic N) is 4. The Bertz CT molecular complexity index is 1770. The molecule has 2 heterocycles. The predicted octanol–water partition coefficient (Wildman–Crippen LogP) is 8.40. The molecule has 3 aromatic rings. The van der Waals surface area contributed by atoms with E-state index in [0.29, 0.717) is 17.3 Å². The lowest BCUT2D eigenvalue weighted by atomic mass is 9.59. The molecule has 52 heavy (non-hydrogen) atoms. The molecule has 1 aliphatic rings. The molecule has 1 aliphatic carbocycles. The Balaban J connectivity index is 0.00000358. The Labute approximate surface area is 305 Å². The van der Waals surface area contributed by atoms with E-state index < -0.39 is 41.9 Å². The van der Waals surface area contributed by atoms with Gasteiger partial charge in [-0.05, 0) is 40.6 Å². The number of nitrogens with one attached hydrogen (secondary N) is 1. The van der Waals surface area contributed by atoms with Gasteiger partial charge in [0.1, 0.15) is 11.7 Å². The van der Waals surface area contributed by atoms with Crippen molar-refractivity contribution < 1.29 is 43.2 Å². The Morgan fingerprint density at radius 1 is 0.885 bits per heavy atom. The van der Waals surface area contributed by atoms with Crippen LogP contribution in [0.5, 0.6) is 5.88 Å². The minimum atomic E-state index is -1.53. The number of carbonyl (C=O) groups excluding carboxylic acids is 4. The van der Waals surface area contributed by atoms with Gasteiger partial charge in [0.05, 0.1) is 20.8 Å². The summed E-state index contributed by atoms with van der Waals surface area (Å²) < 4.78 is 22.3. The topological polar surface area (TPSA) is 166 Å². The fourth-order valence-electron chi connectivity index (χ4n) is 6.70. The molecule has 1 fully saturated rings. The minimum absolute atomic E-state index is 0.0102. The summed E-state index contributed by atoms with van der Waals surface area (Å²) in [5.41, 5.74) is 0.575. The number of methoxy groups -OCH3 is 2. The van der Waals surface area contributed by atoms with Gasteiger partial charge in [0.25, 0.3) is 5.69 Å². The van der Waals surface area contributed by atoms with Crippen LogP contribution in [-0.4, -0.2) is 76.3 Å². The highest BCUT2D eigenvalue weighted by Gasteiger charge is 2.48. The van der Waals surface area contributed by atoms with E-state index in [4.69, 9.17) is 26.1 Å². The van der Waals surface area contributed by atoms with Crippen molar-refractivity contribution in [3.63, 3.8) is 0 Å². The van der Waals surface area contributed by atoms with Crippen molar-refractivity contribution >= 4 is 35.6 Å². The van der Waals surface area contributed by atoms with Gasteiger partial charge in [-0.15, -0.1) is 4.90 Å². The minimum Gasteiger partial charge on any atom is -0.459 e. The maximum atomic E-state index is 14.4. The summed E-state index contributed by atoms with van der Waals surface area (Å²) in [4.78, 5) is 60.7. The molecule has 284 valence electrons. The van der Waals surface area contributed by atoms with Crippen LogP contribution in [0.1, 0.15) is 98.0 Å². The molecule has 3 amide bonds. The highest BCUT2D eigenvalue weighted by atomic mass is 16.6. The number of hydrogen-bond donors (Lipinski definition) is 2. The number of carbonyl (C=O) groups is 4. The number of aromatic amines is 1. The number of ether oxygens (including phenoxy) is 4. The molecule has 0 radical (unpaired) electrons. The van der Waals surface area contributed by atoms with Crippen LogP contribution in [0.4, 0.5) is 20.1 Å². The van der Waals surface area contributed by atoms with E-state index in [1.54, 1.807) is 0 Å². The van der Waals surface area contributed by atoms with Crippen LogP contribution in [0, 0.1) is 35.2 Å². The average molecular weight is 724 g/mol. The molecule has 4 rings (SSSR count). The number of hydrogen-bond acceptors (Lipinski definition) is 10. The summed E-state index contributed by atoms with van der Waals surface area (Å²) in [6.45, 7) is 29.4. The second-order valence-electron chi connectivity index (χ2n) is 16.2. The van der Waals surface area contributed by atoms with Gasteiger partial charge in [0, 0.05) is 24.5 Å². The maximum absolute atomic E-state index is 14.4. The zero-order valence-corrected chi connectivity index (χ0v) is 32.5. The Kier molecular flexibility index (Phi) is 12.6. The number of H-pyrrole nitrogens is 1. The Morgan fingerprint density at radius 2 is 1.38 bits per heavy atom. The number of aromatic nitrogens is 3. The summed E-state index contributed by atoms with van der Waals surface area (Å²) in [6, 6.07) is 7.64. The van der Waals surface area contributed by atoms with Crippen molar-refractivity contribution in [2.24, 2.45) is 28.6 Å². The highest BCUT2D eigenvalue weighted by Crippen LogP contribution is 2.50. The normalized spacial score (nSPS) is 19.1. The zero-order valence-electron chi connectivity index (χ0n) is 32.5. The molecule has 0 spiro atoms. The van der Waals surface area contributed by atoms with Gasteiger partial charge in [-0.1, -0.05) is 93.5 Å². The molecule has 2 aromatic heterocycles. The van der Waals surface area contributed by atoms with Gasteiger partial charge in [-0.25, -0.2) is 33.5 Å². The van der Waals surface area contributed by atoms with Gasteiger partial charge in [0.15, 0.2) is 11.5 Å². The SMILES string of the molecule is CO.[C-]#[N+]c1c(C(=O)OC2C(C(C)(C)C)CC(C)CC2C(C)(C)C)c2nc(-c3ccc(C(C)(C)C)cc3)[nH]n2c1OC(=O)N(C(=O)OC)C(=O)OC. The van der Waals surface area contributed by atoms with Crippen molar-refractivity contribution in [3.05, 3.63) is 46.8 Å². The largest absolute Gasteiger partial charge is 0.459 e. The van der Waals surface area contributed by atoms with Crippen molar-refractivity contribution in [2.45, 2.75) is 93.6 Å². The third-order valence-corrected chi connectivity index (χ3v) is 9.51. The summed E-state index contributed by atoms with van der Waals surface area (Å²) in [5.74, 6) is -0.556. The van der Waals surface area contributed by atoms with Crippen LogP contribution < -0.4 is 4.74 Å². The predicted molar refractivity (Wildman–Crippen MR) is 194 cm³/mol. The molecule has 1 saturated carbocycles. The first kappa shape index (κ1) is 41.5. The second kappa shape index (κ2) is 15.8. The van der Waals surface area contributed by atoms with E-state index in [2.05, 4.69) is 88.7 Å². The quantitative estimate of drug-likeness (QED) is 0.152. The molecular formula is C38H53N5O9. The Morgan fingerprint density at radius 3 is 1.81 bits per heavy atom. The highest BCUT2D eigenvalue weighted by molar-refractivity contribution is 6.07. The molecule has 2 atom stereocenters. The fraction of sp³-hybridized carbons (Fsp3) is 0.579. The van der Waals surface area contributed by atoms with E-state index in [-0.39, 0.29) is 44.2 Å². The van der Waals surface area contributed by atoms with Crippen LogP contribution in [0.15, 0.2) is 24.3 Å². The summed E-state index contributed by atoms with van der Waals surface area (Å²) in [6.07, 6.45) is -3.07. The maximum Gasteiger partial charge on any atom is 0.434 e. The van der Waals surface area contributed by atoms with Crippen LogP contribution in [0.2, 0.25) is 0 Å². The number of imide groups is 3. The van der Waals surface area contributed by atoms with Gasteiger partial charge in [-0.2, -0.15) is 0 Å². The standard InChI is InChI=1S/C37H49N5O8.CH4O/c1-20-18-23(36(5,6)7)27(24(19-20)37(8,9)10)49-31(43)25-26(38-11)30(50-34(46)41(32(44)47-12)33(45)48-13)42-29(25)39-28(40-42)21-14-16-22(17-15-21)35(2,3)4;1-2/h14-17,20,23-24,27H,18-19H2,1-10,12-13H3,(H,39,40);2H,1H3. The van der Waals surface area contributed by atoms with Crippen LogP contribution >= 0.6 is 0 Å². The lowest BCUT2D eigenvalue weighted by Crippen LogP contribution is -2.49. The summed E-state index contributed by atoms with van der Waals surface area (Å²) in [5, 5.41) is 10.0. The molecule has 0 saturated heterocycles. The smallest absolute Gasteiger partial charge is 0.434 e. The van der Waals surface area contributed by atoms with E-state index in [1.165, 1.54) is 0 Å². The third-order valence-electron chi connectivity index (χ3n) is 9.51. The van der Waals surface area contributed by atoms with E-state index in [0.717, 1.165) is 44.2 Å². The van der Waals surface area contributed by atoms with Gasteiger partial charge < -0.3 is 24.1 Å². The van der Waals surface area contributed by atoms with Gasteiger partial charge >= 0.3 is 24.2 Å². The number of aliphatic hydroxyl groups is 1. The van der Waals surface area contributed by atoms with E-state index in [9.17, 15) is 19.2 Å². The monoisotopic (exact) mass is 723 g/mol. The van der Waals surface area contributed by atoms with E-state index in [1.807, 2.05) is 24.3 Å². The molecule has 14 heteroatoms. The lowest BCUT2D eigenvalue weighted by Gasteiger charge is -2.50. The molecule has 14 nitrogen and oxygen atoms in total. The number of fused-ring (bicyclic) bond motifs is 1. The van der Waals surface area contributed by atoms with E-state index >= 15 is 0 Å². The first-order chi connectivity index (χ1) is 24.1. The van der Waals surface area contributed by atoms with Crippen LogP contribution in [0.3, 0.4) is 0 Å². The number of aliphatic hydroxyl groups excluding tert-OH is 1. The third kappa shape index (κ3) is 8.58. The molecule has 1 aromatic carbocycles. The van der Waals surface area contributed by atoms with Gasteiger partial charge in [0.2, 0.25) is 5.88 Å². The number of esters is 1. The molecule has 2 N–H and O–H groups in total. The summed E-state index contributed by atoms with van der Waals surface area (Å²) >= 11 is 0. The first-order valence-corrected chi connectivity index (χ1v) is 17.1. The molecule has 0 bridgehead atoms.